The van der Waals surface area contributed by atoms with Gasteiger partial charge in [0.15, 0.2) is 11.7 Å². The highest BCUT2D eigenvalue weighted by molar-refractivity contribution is 5.76. The minimum atomic E-state index is -0.726. The first-order chi connectivity index (χ1) is 14.5. The van der Waals surface area contributed by atoms with Crippen LogP contribution >= 0.6 is 0 Å². The molecule has 2 heterocycles. The molecule has 4 rings (SSSR count). The molecule has 0 spiro atoms. The number of nitrogens with zero attached hydrogens (tertiary/aromatic N) is 3. The molecular weight excluding hydrogens is 392 g/mol. The Kier molecular flexibility index (Phi) is 5.65. The smallest absolute Gasteiger partial charge is 0.223 e. The number of piperazine rings is 1. The summed E-state index contributed by atoms with van der Waals surface area (Å²) in [7, 11) is 0. The van der Waals surface area contributed by atoms with Crippen LogP contribution in [-0.4, -0.2) is 47.1 Å². The number of amides is 1. The van der Waals surface area contributed by atoms with Crippen LogP contribution in [0.25, 0.3) is 11.3 Å². The van der Waals surface area contributed by atoms with Gasteiger partial charge in [-0.3, -0.25) is 4.79 Å². The first-order valence-corrected chi connectivity index (χ1v) is 9.72. The van der Waals surface area contributed by atoms with E-state index < -0.39 is 11.6 Å². The highest BCUT2D eigenvalue weighted by atomic mass is 19.1. The molecule has 0 atom stereocenters. The van der Waals surface area contributed by atoms with Crippen molar-refractivity contribution in [2.45, 2.75) is 12.8 Å². The van der Waals surface area contributed by atoms with Crippen molar-refractivity contribution in [3.05, 3.63) is 66.2 Å². The number of para-hydroxylation sites is 2. The lowest BCUT2D eigenvalue weighted by Crippen LogP contribution is -2.48. The lowest BCUT2D eigenvalue weighted by molar-refractivity contribution is -0.131. The second-order valence-corrected chi connectivity index (χ2v) is 7.10. The van der Waals surface area contributed by atoms with Crippen LogP contribution in [0, 0.1) is 11.6 Å². The average molecular weight is 413 g/mol. The predicted molar refractivity (Wildman–Crippen MR) is 107 cm³/mol. The van der Waals surface area contributed by atoms with E-state index in [0.717, 1.165) is 17.8 Å². The van der Waals surface area contributed by atoms with E-state index in [-0.39, 0.29) is 29.4 Å². The van der Waals surface area contributed by atoms with E-state index in [1.165, 1.54) is 12.3 Å². The molecule has 0 bridgehead atoms. The fourth-order valence-corrected chi connectivity index (χ4v) is 3.54. The Hall–Kier alpha value is -3.42. The molecule has 1 aliphatic rings. The Morgan fingerprint density at radius 2 is 1.87 bits per heavy atom. The van der Waals surface area contributed by atoms with Crippen LogP contribution in [-0.2, 0) is 11.2 Å². The number of benzene rings is 2. The van der Waals surface area contributed by atoms with E-state index >= 15 is 0 Å². The van der Waals surface area contributed by atoms with Gasteiger partial charge < -0.3 is 19.3 Å². The van der Waals surface area contributed by atoms with E-state index in [0.29, 0.717) is 38.5 Å². The maximum atomic E-state index is 13.9. The molecule has 0 saturated carbocycles. The van der Waals surface area contributed by atoms with Crippen molar-refractivity contribution < 1.29 is 23.1 Å². The SMILES string of the molecule is O=C(CCc1ncc(-c2ccc(F)cc2F)o1)N1CCN(c2ccccc2O)CC1. The lowest BCUT2D eigenvalue weighted by atomic mass is 10.2. The van der Waals surface area contributed by atoms with Gasteiger partial charge in [-0.25, -0.2) is 13.8 Å². The van der Waals surface area contributed by atoms with Gasteiger partial charge in [-0.1, -0.05) is 12.1 Å². The molecule has 1 fully saturated rings. The van der Waals surface area contributed by atoms with Gasteiger partial charge >= 0.3 is 0 Å². The fourth-order valence-electron chi connectivity index (χ4n) is 3.54. The van der Waals surface area contributed by atoms with Crippen molar-refractivity contribution in [1.29, 1.82) is 0 Å². The maximum absolute atomic E-state index is 13.9. The predicted octanol–water partition coefficient (Wildman–Crippen LogP) is 3.61. The first kappa shape index (κ1) is 19.9. The monoisotopic (exact) mass is 413 g/mol. The van der Waals surface area contributed by atoms with Crippen LogP contribution in [0.2, 0.25) is 0 Å². The second kappa shape index (κ2) is 8.52. The molecule has 1 amide bonds. The molecule has 1 aliphatic heterocycles. The summed E-state index contributed by atoms with van der Waals surface area (Å²) in [5, 5.41) is 9.98. The summed E-state index contributed by atoms with van der Waals surface area (Å²) in [4.78, 5) is 20.5. The summed E-state index contributed by atoms with van der Waals surface area (Å²) in [6.07, 6.45) is 1.89. The van der Waals surface area contributed by atoms with Crippen molar-refractivity contribution in [3.63, 3.8) is 0 Å². The Morgan fingerprint density at radius 1 is 1.10 bits per heavy atom. The molecule has 0 radical (unpaired) electrons. The number of hydrogen-bond donors (Lipinski definition) is 1. The number of aromatic nitrogens is 1. The number of aromatic hydroxyl groups is 1. The van der Waals surface area contributed by atoms with Gasteiger partial charge in [-0.2, -0.15) is 0 Å². The number of carbonyl (C=O) groups excluding carboxylic acids is 1. The Balaban J connectivity index is 1.30. The minimum absolute atomic E-state index is 0.0142. The molecule has 0 aliphatic carbocycles. The van der Waals surface area contributed by atoms with E-state index in [2.05, 4.69) is 9.88 Å². The summed E-state index contributed by atoms with van der Waals surface area (Å²) >= 11 is 0. The lowest BCUT2D eigenvalue weighted by Gasteiger charge is -2.36. The molecule has 2 aromatic carbocycles. The molecule has 1 N–H and O–H groups in total. The molecule has 0 unspecified atom stereocenters. The third kappa shape index (κ3) is 4.27. The summed E-state index contributed by atoms with van der Waals surface area (Å²) in [5.74, 6) is -0.643. The van der Waals surface area contributed by atoms with Gasteiger partial charge in [-0.15, -0.1) is 0 Å². The number of halogens is 2. The van der Waals surface area contributed by atoms with Gasteiger partial charge in [0, 0.05) is 45.1 Å². The number of oxazole rings is 1. The number of carbonyl (C=O) groups is 1. The summed E-state index contributed by atoms with van der Waals surface area (Å²) < 4.78 is 32.5. The number of phenolic OH excluding ortho intramolecular Hbond substituents is 1. The number of rotatable bonds is 5. The molecule has 1 aromatic heterocycles. The number of phenols is 1. The van der Waals surface area contributed by atoms with Crippen molar-refractivity contribution in [3.8, 4) is 17.1 Å². The third-order valence-electron chi connectivity index (χ3n) is 5.16. The Morgan fingerprint density at radius 3 is 2.60 bits per heavy atom. The van der Waals surface area contributed by atoms with Gasteiger partial charge in [0.25, 0.3) is 0 Å². The summed E-state index contributed by atoms with van der Waals surface area (Å²) in [6, 6.07) is 10.4. The first-order valence-electron chi connectivity index (χ1n) is 9.72. The van der Waals surface area contributed by atoms with E-state index in [9.17, 15) is 18.7 Å². The van der Waals surface area contributed by atoms with E-state index in [1.807, 2.05) is 12.1 Å². The summed E-state index contributed by atoms with van der Waals surface area (Å²) in [6.45, 7) is 2.39. The number of hydrogen-bond acceptors (Lipinski definition) is 5. The average Bonchev–Trinajstić information content (AvgIpc) is 3.21. The highest BCUT2D eigenvalue weighted by Gasteiger charge is 2.23. The fraction of sp³-hybridized carbons (Fsp3) is 0.273. The van der Waals surface area contributed by atoms with Gasteiger partial charge in [0.2, 0.25) is 5.91 Å². The molecule has 3 aromatic rings. The third-order valence-corrected chi connectivity index (χ3v) is 5.16. The van der Waals surface area contributed by atoms with Crippen LogP contribution in [0.15, 0.2) is 53.1 Å². The normalized spacial score (nSPS) is 14.2. The summed E-state index contributed by atoms with van der Waals surface area (Å²) in [5.41, 5.74) is 0.895. The molecule has 156 valence electrons. The van der Waals surface area contributed by atoms with E-state index in [1.54, 1.807) is 17.0 Å². The molecule has 30 heavy (non-hydrogen) atoms. The largest absolute Gasteiger partial charge is 0.506 e. The van der Waals surface area contributed by atoms with Gasteiger partial charge in [-0.05, 0) is 24.3 Å². The quantitative estimate of drug-likeness (QED) is 0.692. The van der Waals surface area contributed by atoms with E-state index in [4.69, 9.17) is 4.42 Å². The van der Waals surface area contributed by atoms with Crippen LogP contribution in [0.1, 0.15) is 12.3 Å². The minimum Gasteiger partial charge on any atom is -0.506 e. The van der Waals surface area contributed by atoms with Crippen molar-refractivity contribution in [2.24, 2.45) is 0 Å². The van der Waals surface area contributed by atoms with Gasteiger partial charge in [0.1, 0.15) is 17.4 Å². The van der Waals surface area contributed by atoms with Crippen LogP contribution in [0.3, 0.4) is 0 Å². The van der Waals surface area contributed by atoms with Crippen molar-refractivity contribution in [1.82, 2.24) is 9.88 Å². The maximum Gasteiger partial charge on any atom is 0.223 e. The topological polar surface area (TPSA) is 69.8 Å². The second-order valence-electron chi connectivity index (χ2n) is 7.10. The van der Waals surface area contributed by atoms with Crippen LogP contribution < -0.4 is 4.90 Å². The standard InChI is InChI=1S/C22H21F2N3O3/c23-15-5-6-16(17(24)13-15)20-14-25-21(30-20)7-8-22(29)27-11-9-26(10-12-27)18-3-1-2-4-19(18)28/h1-6,13-14,28H,7-12H2. The highest BCUT2D eigenvalue weighted by Crippen LogP contribution is 2.27. The number of anilines is 1. The Labute approximate surface area is 172 Å². The van der Waals surface area contributed by atoms with Crippen LogP contribution in [0.5, 0.6) is 5.75 Å². The zero-order valence-electron chi connectivity index (χ0n) is 16.2. The van der Waals surface area contributed by atoms with Gasteiger partial charge in [0.05, 0.1) is 17.4 Å². The zero-order chi connectivity index (χ0) is 21.1. The molecule has 8 heteroatoms. The molecule has 6 nitrogen and oxygen atoms in total. The Bertz CT molecular complexity index is 1050. The van der Waals surface area contributed by atoms with Crippen molar-refractivity contribution in [2.75, 3.05) is 31.1 Å². The van der Waals surface area contributed by atoms with Crippen LogP contribution in [0.4, 0.5) is 14.5 Å². The molecular formula is C22H21F2N3O3. The zero-order valence-corrected chi connectivity index (χ0v) is 16.2. The number of aryl methyl sites for hydroxylation is 1. The van der Waals surface area contributed by atoms with Crippen molar-refractivity contribution >= 4 is 11.6 Å². The molecule has 1 saturated heterocycles.